The van der Waals surface area contributed by atoms with Gasteiger partial charge < -0.3 is 5.11 Å². The summed E-state index contributed by atoms with van der Waals surface area (Å²) in [5.41, 5.74) is 1.65. The van der Waals surface area contributed by atoms with Crippen molar-refractivity contribution in [3.63, 3.8) is 0 Å². The fourth-order valence-corrected chi connectivity index (χ4v) is 1.76. The van der Waals surface area contributed by atoms with Crippen LogP contribution in [0.25, 0.3) is 11.3 Å². The van der Waals surface area contributed by atoms with Crippen LogP contribution >= 0.6 is 11.5 Å². The molecule has 0 aliphatic carbocycles. The summed E-state index contributed by atoms with van der Waals surface area (Å²) in [6.07, 6.45) is 0. The number of rotatable bonds is 1. The molecule has 0 spiro atoms. The molecule has 13 heavy (non-hydrogen) atoms. The smallest absolute Gasteiger partial charge is 0.157 e. The zero-order valence-electron chi connectivity index (χ0n) is 7.19. The third kappa shape index (κ3) is 1.42. The molecule has 2 aromatic rings. The summed E-state index contributed by atoms with van der Waals surface area (Å²) in [6.45, 7) is 1.86. The Balaban J connectivity index is 2.53. The van der Waals surface area contributed by atoms with Crippen LogP contribution in [0.4, 0.5) is 0 Å². The summed E-state index contributed by atoms with van der Waals surface area (Å²) in [7, 11) is 0. The highest BCUT2D eigenvalue weighted by molar-refractivity contribution is 7.06. The number of nitrogens with zero attached hydrogens (tertiary/aromatic N) is 1. The van der Waals surface area contributed by atoms with E-state index in [4.69, 9.17) is 0 Å². The van der Waals surface area contributed by atoms with Crippen molar-refractivity contribution in [2.24, 2.45) is 0 Å². The molecular formula is C10H9NOS. The molecule has 2 nitrogen and oxygen atoms in total. The Morgan fingerprint density at radius 3 is 2.46 bits per heavy atom. The largest absolute Gasteiger partial charge is 0.505 e. The Kier molecular flexibility index (Phi) is 2.02. The molecule has 1 aromatic heterocycles. The van der Waals surface area contributed by atoms with Gasteiger partial charge in [0.05, 0.1) is 4.88 Å². The van der Waals surface area contributed by atoms with Crippen molar-refractivity contribution in [3.05, 3.63) is 35.2 Å². The molecule has 3 heteroatoms. The van der Waals surface area contributed by atoms with E-state index in [0.29, 0.717) is 11.4 Å². The molecule has 1 aromatic carbocycles. The van der Waals surface area contributed by atoms with Crippen molar-refractivity contribution in [2.75, 3.05) is 0 Å². The van der Waals surface area contributed by atoms with Gasteiger partial charge in [0.2, 0.25) is 0 Å². The third-order valence-electron chi connectivity index (χ3n) is 1.88. The van der Waals surface area contributed by atoms with Gasteiger partial charge >= 0.3 is 0 Å². The SMILES string of the molecule is Cc1snc(-c2ccccc2)c1O. The minimum Gasteiger partial charge on any atom is -0.505 e. The van der Waals surface area contributed by atoms with E-state index >= 15 is 0 Å². The van der Waals surface area contributed by atoms with Crippen molar-refractivity contribution in [1.82, 2.24) is 4.37 Å². The molecule has 0 aliphatic rings. The highest BCUT2D eigenvalue weighted by Crippen LogP contribution is 2.33. The van der Waals surface area contributed by atoms with Gasteiger partial charge in [-0.2, -0.15) is 4.37 Å². The third-order valence-corrected chi connectivity index (χ3v) is 2.62. The normalized spacial score (nSPS) is 10.2. The predicted octanol–water partition coefficient (Wildman–Crippen LogP) is 2.82. The summed E-state index contributed by atoms with van der Waals surface area (Å²) in [5.74, 6) is 0.302. The minimum atomic E-state index is 0.302. The van der Waals surface area contributed by atoms with Gasteiger partial charge in [-0.15, -0.1) is 0 Å². The van der Waals surface area contributed by atoms with Crippen LogP contribution in [-0.4, -0.2) is 9.48 Å². The number of benzene rings is 1. The molecule has 66 valence electrons. The van der Waals surface area contributed by atoms with Gasteiger partial charge in [0.25, 0.3) is 0 Å². The lowest BCUT2D eigenvalue weighted by molar-refractivity contribution is 0.475. The van der Waals surface area contributed by atoms with E-state index in [2.05, 4.69) is 4.37 Å². The van der Waals surface area contributed by atoms with Crippen LogP contribution in [0.2, 0.25) is 0 Å². The monoisotopic (exact) mass is 191 g/mol. The average molecular weight is 191 g/mol. The first-order chi connectivity index (χ1) is 6.29. The van der Waals surface area contributed by atoms with Crippen molar-refractivity contribution in [2.45, 2.75) is 6.92 Å². The molecule has 0 atom stereocenters. The van der Waals surface area contributed by atoms with Crippen LogP contribution in [0.1, 0.15) is 4.88 Å². The Morgan fingerprint density at radius 1 is 1.23 bits per heavy atom. The van der Waals surface area contributed by atoms with Crippen LogP contribution in [0.5, 0.6) is 5.75 Å². The van der Waals surface area contributed by atoms with E-state index in [1.807, 2.05) is 37.3 Å². The van der Waals surface area contributed by atoms with Gasteiger partial charge in [-0.25, -0.2) is 0 Å². The highest BCUT2D eigenvalue weighted by atomic mass is 32.1. The van der Waals surface area contributed by atoms with Crippen LogP contribution in [0, 0.1) is 6.92 Å². The molecule has 0 bridgehead atoms. The second-order valence-electron chi connectivity index (χ2n) is 2.80. The Hall–Kier alpha value is -1.35. The first-order valence-corrected chi connectivity index (χ1v) is 4.77. The van der Waals surface area contributed by atoms with Crippen LogP contribution in [0.3, 0.4) is 0 Å². The number of aromatic hydroxyl groups is 1. The highest BCUT2D eigenvalue weighted by Gasteiger charge is 2.09. The molecule has 0 radical (unpaired) electrons. The van der Waals surface area contributed by atoms with Gasteiger partial charge in [-0.1, -0.05) is 30.3 Å². The molecule has 0 fully saturated rings. The number of hydrogen-bond donors (Lipinski definition) is 1. The van der Waals surface area contributed by atoms with Crippen LogP contribution < -0.4 is 0 Å². The van der Waals surface area contributed by atoms with Gasteiger partial charge in [-0.05, 0) is 18.5 Å². The quantitative estimate of drug-likeness (QED) is 0.751. The molecule has 0 aliphatic heterocycles. The van der Waals surface area contributed by atoms with Crippen molar-refractivity contribution in [3.8, 4) is 17.0 Å². The second kappa shape index (κ2) is 3.18. The van der Waals surface area contributed by atoms with E-state index in [1.165, 1.54) is 11.5 Å². The maximum atomic E-state index is 9.64. The summed E-state index contributed by atoms with van der Waals surface area (Å²) in [5, 5.41) is 9.64. The fourth-order valence-electron chi connectivity index (χ4n) is 1.15. The lowest BCUT2D eigenvalue weighted by Gasteiger charge is -1.96. The predicted molar refractivity (Wildman–Crippen MR) is 54.0 cm³/mol. The Labute approximate surface area is 80.6 Å². The van der Waals surface area contributed by atoms with Gasteiger partial charge in [0, 0.05) is 5.56 Å². The number of hydrogen-bond acceptors (Lipinski definition) is 3. The molecule has 2 rings (SSSR count). The standard InChI is InChI=1S/C10H9NOS/c1-7-10(12)9(11-13-7)8-5-3-2-4-6-8/h2-6,12H,1H3. The first-order valence-electron chi connectivity index (χ1n) is 3.99. The van der Waals surface area contributed by atoms with E-state index < -0.39 is 0 Å². The van der Waals surface area contributed by atoms with Crippen LogP contribution in [-0.2, 0) is 0 Å². The summed E-state index contributed by atoms with van der Waals surface area (Å²) < 4.78 is 4.18. The van der Waals surface area contributed by atoms with Gasteiger partial charge in [0.15, 0.2) is 5.75 Å². The molecule has 0 unspecified atom stereocenters. The molecule has 0 saturated heterocycles. The maximum Gasteiger partial charge on any atom is 0.157 e. The Morgan fingerprint density at radius 2 is 1.92 bits per heavy atom. The summed E-state index contributed by atoms with van der Waals surface area (Å²) in [6, 6.07) is 9.69. The van der Waals surface area contributed by atoms with E-state index in [0.717, 1.165) is 10.4 Å². The van der Waals surface area contributed by atoms with E-state index in [9.17, 15) is 5.11 Å². The molecule has 0 saturated carbocycles. The molecule has 1 N–H and O–H groups in total. The lowest BCUT2D eigenvalue weighted by Crippen LogP contribution is -1.75. The topological polar surface area (TPSA) is 33.1 Å². The maximum absolute atomic E-state index is 9.64. The Bertz CT molecular complexity index is 408. The molecule has 1 heterocycles. The van der Waals surface area contributed by atoms with E-state index in [-0.39, 0.29) is 0 Å². The van der Waals surface area contributed by atoms with E-state index in [1.54, 1.807) is 0 Å². The zero-order chi connectivity index (χ0) is 9.26. The number of aromatic nitrogens is 1. The second-order valence-corrected chi connectivity index (χ2v) is 3.78. The van der Waals surface area contributed by atoms with Crippen LogP contribution in [0.15, 0.2) is 30.3 Å². The van der Waals surface area contributed by atoms with Crippen molar-refractivity contribution >= 4 is 11.5 Å². The first kappa shape index (κ1) is 8.26. The average Bonchev–Trinajstić information content (AvgIpc) is 2.49. The zero-order valence-corrected chi connectivity index (χ0v) is 8.01. The van der Waals surface area contributed by atoms with Crippen molar-refractivity contribution in [1.29, 1.82) is 0 Å². The number of aryl methyl sites for hydroxylation is 1. The van der Waals surface area contributed by atoms with Gasteiger partial charge in [0.1, 0.15) is 5.69 Å². The summed E-state index contributed by atoms with van der Waals surface area (Å²) >= 11 is 1.33. The lowest BCUT2D eigenvalue weighted by atomic mass is 10.1. The summed E-state index contributed by atoms with van der Waals surface area (Å²) in [4.78, 5) is 0.860. The molecular weight excluding hydrogens is 182 g/mol. The van der Waals surface area contributed by atoms with Gasteiger partial charge in [-0.3, -0.25) is 0 Å². The molecule has 0 amide bonds. The minimum absolute atomic E-state index is 0.302. The van der Waals surface area contributed by atoms with Crippen molar-refractivity contribution < 1.29 is 5.11 Å². The fraction of sp³-hybridized carbons (Fsp3) is 0.100.